The molecule has 0 unspecified atom stereocenters. The Kier molecular flexibility index (Phi) is 5.22. The summed E-state index contributed by atoms with van der Waals surface area (Å²) in [6, 6.07) is 15.8. The maximum Gasteiger partial charge on any atom is 0.185 e. The number of phenols is 1. The van der Waals surface area contributed by atoms with Gasteiger partial charge >= 0.3 is 0 Å². The number of methoxy groups -OCH3 is 1. The van der Waals surface area contributed by atoms with E-state index in [-0.39, 0.29) is 17.3 Å². The van der Waals surface area contributed by atoms with E-state index in [1.54, 1.807) is 48.5 Å². The number of ether oxygens (including phenoxy) is 1. The van der Waals surface area contributed by atoms with Crippen molar-refractivity contribution in [3.8, 4) is 22.6 Å². The Bertz CT molecular complexity index is 1010. The van der Waals surface area contributed by atoms with Gasteiger partial charge in [-0.1, -0.05) is 24.3 Å². The van der Waals surface area contributed by atoms with Crippen LogP contribution < -0.4 is 10.5 Å². The fourth-order valence-corrected chi connectivity index (χ4v) is 2.67. The molecule has 0 aromatic heterocycles. The number of hydrogen-bond acceptors (Lipinski definition) is 4. The molecule has 0 amide bonds. The first-order valence-electron chi connectivity index (χ1n) is 8.23. The lowest BCUT2D eigenvalue weighted by Gasteiger charge is -2.08. The van der Waals surface area contributed by atoms with E-state index in [1.807, 2.05) is 0 Å². The number of allylic oxidation sites excluding steroid dienone is 1. The van der Waals surface area contributed by atoms with Gasteiger partial charge in [0.05, 0.1) is 7.11 Å². The minimum absolute atomic E-state index is 0.00169. The quantitative estimate of drug-likeness (QED) is 0.392. The highest BCUT2D eigenvalue weighted by molar-refractivity contribution is 6.08. The van der Waals surface area contributed by atoms with Crippen molar-refractivity contribution in [2.24, 2.45) is 0 Å². The fraction of sp³-hybridized carbons (Fsp3) is 0.0455. The second-order valence-corrected chi connectivity index (χ2v) is 5.94. The normalized spacial score (nSPS) is 10.9. The molecule has 5 heteroatoms. The van der Waals surface area contributed by atoms with E-state index in [1.165, 1.54) is 31.4 Å². The van der Waals surface area contributed by atoms with Crippen LogP contribution in [0.1, 0.15) is 15.9 Å². The number of halogens is 1. The van der Waals surface area contributed by atoms with Gasteiger partial charge < -0.3 is 15.6 Å². The Balaban J connectivity index is 1.85. The van der Waals surface area contributed by atoms with Gasteiger partial charge in [-0.2, -0.15) is 0 Å². The summed E-state index contributed by atoms with van der Waals surface area (Å²) in [7, 11) is 1.47. The maximum atomic E-state index is 13.1. The van der Waals surface area contributed by atoms with Crippen LogP contribution in [0, 0.1) is 5.82 Å². The van der Waals surface area contributed by atoms with Crippen LogP contribution in [-0.4, -0.2) is 18.0 Å². The van der Waals surface area contributed by atoms with Crippen LogP contribution in [0.2, 0.25) is 0 Å². The first-order chi connectivity index (χ1) is 13.0. The average molecular weight is 363 g/mol. The van der Waals surface area contributed by atoms with Crippen LogP contribution in [0.3, 0.4) is 0 Å². The predicted molar refractivity (Wildman–Crippen MR) is 104 cm³/mol. The van der Waals surface area contributed by atoms with Gasteiger partial charge in [0.15, 0.2) is 17.3 Å². The monoisotopic (exact) mass is 363 g/mol. The van der Waals surface area contributed by atoms with Crippen molar-refractivity contribution in [1.29, 1.82) is 0 Å². The summed E-state index contributed by atoms with van der Waals surface area (Å²) in [5.74, 6) is -0.192. The zero-order valence-corrected chi connectivity index (χ0v) is 14.6. The second-order valence-electron chi connectivity index (χ2n) is 5.94. The first kappa shape index (κ1) is 18.2. The number of carbonyl (C=O) groups is 1. The van der Waals surface area contributed by atoms with E-state index >= 15 is 0 Å². The summed E-state index contributed by atoms with van der Waals surface area (Å²) in [4.78, 5) is 12.5. The van der Waals surface area contributed by atoms with E-state index in [0.717, 1.165) is 5.56 Å². The van der Waals surface area contributed by atoms with Crippen LogP contribution in [0.5, 0.6) is 11.5 Å². The number of carbonyl (C=O) groups excluding carboxylic acids is 1. The van der Waals surface area contributed by atoms with E-state index in [2.05, 4.69) is 0 Å². The standard InChI is InChI=1S/C22H18FNO3/c1-27-22-11-3-14(12-21(22)26)2-10-20(25)16-6-9-19(24)18(13-16)15-4-7-17(23)8-5-15/h2-13,26H,24H2,1H3/b10-2+. The molecule has 0 atom stereocenters. The molecule has 0 aliphatic carbocycles. The van der Waals surface area contributed by atoms with Crippen LogP contribution in [0.4, 0.5) is 10.1 Å². The highest BCUT2D eigenvalue weighted by atomic mass is 19.1. The highest BCUT2D eigenvalue weighted by Gasteiger charge is 2.09. The topological polar surface area (TPSA) is 72.5 Å². The molecule has 0 saturated carbocycles. The molecule has 3 rings (SSSR count). The van der Waals surface area contributed by atoms with Crippen LogP contribution in [0.15, 0.2) is 66.7 Å². The van der Waals surface area contributed by atoms with Crippen molar-refractivity contribution in [2.45, 2.75) is 0 Å². The van der Waals surface area contributed by atoms with Gasteiger partial charge in [-0.15, -0.1) is 0 Å². The molecule has 4 nitrogen and oxygen atoms in total. The second kappa shape index (κ2) is 7.74. The van der Waals surface area contributed by atoms with Gasteiger partial charge in [0.25, 0.3) is 0 Å². The molecule has 0 bridgehead atoms. The van der Waals surface area contributed by atoms with E-state index in [0.29, 0.717) is 28.1 Å². The van der Waals surface area contributed by atoms with Gasteiger partial charge in [0, 0.05) is 16.8 Å². The number of benzene rings is 3. The van der Waals surface area contributed by atoms with E-state index < -0.39 is 0 Å². The smallest absolute Gasteiger partial charge is 0.185 e. The molecular formula is C22H18FNO3. The third-order valence-electron chi connectivity index (χ3n) is 4.12. The summed E-state index contributed by atoms with van der Waals surface area (Å²) in [6.07, 6.45) is 3.02. The van der Waals surface area contributed by atoms with Gasteiger partial charge in [-0.25, -0.2) is 4.39 Å². The van der Waals surface area contributed by atoms with Gasteiger partial charge in [0.2, 0.25) is 0 Å². The van der Waals surface area contributed by atoms with Crippen LogP contribution in [-0.2, 0) is 0 Å². The molecule has 0 spiro atoms. The van der Waals surface area contributed by atoms with Crippen molar-refractivity contribution in [3.63, 3.8) is 0 Å². The zero-order chi connectivity index (χ0) is 19.4. The lowest BCUT2D eigenvalue weighted by atomic mass is 9.99. The average Bonchev–Trinajstić information content (AvgIpc) is 2.67. The highest BCUT2D eigenvalue weighted by Crippen LogP contribution is 2.28. The van der Waals surface area contributed by atoms with Crippen molar-refractivity contribution < 1.29 is 19.0 Å². The van der Waals surface area contributed by atoms with E-state index in [4.69, 9.17) is 10.5 Å². The maximum absolute atomic E-state index is 13.1. The van der Waals surface area contributed by atoms with Crippen molar-refractivity contribution in [1.82, 2.24) is 0 Å². The molecule has 0 aliphatic rings. The Labute approximate surface area is 156 Å². The van der Waals surface area contributed by atoms with Crippen molar-refractivity contribution in [2.75, 3.05) is 12.8 Å². The van der Waals surface area contributed by atoms with Crippen molar-refractivity contribution in [3.05, 3.63) is 83.7 Å². The third kappa shape index (κ3) is 4.15. The van der Waals surface area contributed by atoms with E-state index in [9.17, 15) is 14.3 Å². The number of rotatable bonds is 5. The van der Waals surface area contributed by atoms with Crippen LogP contribution in [0.25, 0.3) is 17.2 Å². The Morgan fingerprint density at radius 3 is 2.48 bits per heavy atom. The minimum Gasteiger partial charge on any atom is -0.504 e. The molecule has 0 radical (unpaired) electrons. The molecule has 3 N–H and O–H groups in total. The summed E-state index contributed by atoms with van der Waals surface area (Å²) in [5.41, 5.74) is 9.02. The molecule has 0 heterocycles. The Morgan fingerprint density at radius 1 is 1.07 bits per heavy atom. The number of nitrogen functional groups attached to an aromatic ring is 1. The summed E-state index contributed by atoms with van der Waals surface area (Å²) < 4.78 is 18.1. The number of nitrogens with two attached hydrogens (primary N) is 1. The first-order valence-corrected chi connectivity index (χ1v) is 8.23. The predicted octanol–water partition coefficient (Wildman–Crippen LogP) is 4.69. The molecule has 3 aromatic rings. The SMILES string of the molecule is COc1ccc(/C=C/C(=O)c2ccc(N)c(-c3ccc(F)cc3)c2)cc1O. The van der Waals surface area contributed by atoms with Gasteiger partial charge in [-0.05, 0) is 59.7 Å². The third-order valence-corrected chi connectivity index (χ3v) is 4.12. The number of anilines is 1. The minimum atomic E-state index is -0.338. The Morgan fingerprint density at radius 2 is 1.81 bits per heavy atom. The molecule has 27 heavy (non-hydrogen) atoms. The van der Waals surface area contributed by atoms with Crippen LogP contribution >= 0.6 is 0 Å². The molecule has 0 saturated heterocycles. The lowest BCUT2D eigenvalue weighted by Crippen LogP contribution is -1.98. The molecule has 0 aliphatic heterocycles. The number of ketones is 1. The van der Waals surface area contributed by atoms with Crippen molar-refractivity contribution >= 4 is 17.5 Å². The molecular weight excluding hydrogens is 345 g/mol. The fourth-order valence-electron chi connectivity index (χ4n) is 2.67. The zero-order valence-electron chi connectivity index (χ0n) is 14.6. The Hall–Kier alpha value is -3.60. The largest absolute Gasteiger partial charge is 0.504 e. The summed E-state index contributed by atoms with van der Waals surface area (Å²) in [5, 5.41) is 9.80. The van der Waals surface area contributed by atoms with Gasteiger partial charge in [-0.3, -0.25) is 4.79 Å². The number of aromatic hydroxyl groups is 1. The van der Waals surface area contributed by atoms with Gasteiger partial charge in [0.1, 0.15) is 5.82 Å². The summed E-state index contributed by atoms with van der Waals surface area (Å²) >= 11 is 0. The lowest BCUT2D eigenvalue weighted by molar-refractivity contribution is 0.104. The number of hydrogen-bond donors (Lipinski definition) is 2. The molecule has 0 fully saturated rings. The molecule has 3 aromatic carbocycles. The number of phenolic OH excluding ortho intramolecular Hbond substituents is 1. The summed E-state index contributed by atoms with van der Waals surface area (Å²) in [6.45, 7) is 0. The molecule has 136 valence electrons.